The minimum absolute atomic E-state index is 0.0908. The van der Waals surface area contributed by atoms with Gasteiger partial charge in [-0.1, -0.05) is 6.07 Å². The number of aryl methyl sites for hydroxylation is 1. The van der Waals surface area contributed by atoms with Crippen LogP contribution < -0.4 is 10.6 Å². The van der Waals surface area contributed by atoms with Gasteiger partial charge in [0.05, 0.1) is 5.56 Å². The van der Waals surface area contributed by atoms with Crippen molar-refractivity contribution < 1.29 is 19.5 Å². The van der Waals surface area contributed by atoms with E-state index >= 15 is 0 Å². The van der Waals surface area contributed by atoms with Crippen molar-refractivity contribution in [2.45, 2.75) is 26.8 Å². The van der Waals surface area contributed by atoms with Gasteiger partial charge in [0.2, 0.25) is 11.8 Å². The highest BCUT2D eigenvalue weighted by molar-refractivity contribution is 5.98. The van der Waals surface area contributed by atoms with Gasteiger partial charge in [0.1, 0.15) is 6.04 Å². The van der Waals surface area contributed by atoms with E-state index < -0.39 is 17.9 Å². The van der Waals surface area contributed by atoms with Crippen LogP contribution in [0.2, 0.25) is 0 Å². The van der Waals surface area contributed by atoms with E-state index in [1.165, 1.54) is 19.1 Å². The predicted molar refractivity (Wildman–Crippen MR) is 70.0 cm³/mol. The third-order valence-corrected chi connectivity index (χ3v) is 2.56. The molecular formula is C13H16N2O4. The van der Waals surface area contributed by atoms with Crippen LogP contribution in [-0.2, 0) is 9.59 Å². The predicted octanol–water partition coefficient (Wildman–Crippen LogP) is 1.16. The molecular weight excluding hydrogens is 248 g/mol. The first-order valence-electron chi connectivity index (χ1n) is 5.73. The third kappa shape index (κ3) is 4.09. The molecule has 3 N–H and O–H groups in total. The molecule has 0 aliphatic rings. The van der Waals surface area contributed by atoms with Crippen LogP contribution in [0.25, 0.3) is 0 Å². The summed E-state index contributed by atoms with van der Waals surface area (Å²) in [4.78, 5) is 33.5. The van der Waals surface area contributed by atoms with Gasteiger partial charge in [-0.25, -0.2) is 4.79 Å². The zero-order valence-corrected chi connectivity index (χ0v) is 11.0. The number of carboxylic acid groups (broad SMARTS) is 1. The van der Waals surface area contributed by atoms with Crippen LogP contribution >= 0.6 is 0 Å². The van der Waals surface area contributed by atoms with Gasteiger partial charge in [-0.3, -0.25) is 9.59 Å². The van der Waals surface area contributed by atoms with Crippen molar-refractivity contribution in [1.29, 1.82) is 0 Å². The molecule has 0 aliphatic heterocycles. The van der Waals surface area contributed by atoms with E-state index in [-0.39, 0.29) is 11.5 Å². The van der Waals surface area contributed by atoms with Crippen molar-refractivity contribution in [1.82, 2.24) is 5.32 Å². The van der Waals surface area contributed by atoms with Crippen molar-refractivity contribution >= 4 is 23.5 Å². The maximum atomic E-state index is 11.8. The number of aromatic carboxylic acids is 1. The van der Waals surface area contributed by atoms with Crippen LogP contribution in [0.4, 0.5) is 5.69 Å². The molecule has 0 saturated carbocycles. The summed E-state index contributed by atoms with van der Waals surface area (Å²) in [5.41, 5.74) is 1.25. The molecule has 0 aromatic heterocycles. The second-order valence-corrected chi connectivity index (χ2v) is 4.25. The first kappa shape index (κ1) is 14.7. The Morgan fingerprint density at radius 2 is 1.89 bits per heavy atom. The van der Waals surface area contributed by atoms with Crippen molar-refractivity contribution in [2.24, 2.45) is 0 Å². The number of carbonyl (C=O) groups is 3. The van der Waals surface area contributed by atoms with Crippen molar-refractivity contribution in [3.8, 4) is 0 Å². The number of anilines is 1. The summed E-state index contributed by atoms with van der Waals surface area (Å²) in [6.45, 7) is 4.62. The molecule has 19 heavy (non-hydrogen) atoms. The average molecular weight is 264 g/mol. The Bertz CT molecular complexity index is 525. The molecule has 102 valence electrons. The van der Waals surface area contributed by atoms with Crippen molar-refractivity contribution in [3.63, 3.8) is 0 Å². The van der Waals surface area contributed by atoms with Gasteiger partial charge in [0.25, 0.3) is 0 Å². The fourth-order valence-corrected chi connectivity index (χ4v) is 1.50. The number of carbonyl (C=O) groups excluding carboxylic acids is 2. The van der Waals surface area contributed by atoms with Gasteiger partial charge < -0.3 is 15.7 Å². The Morgan fingerprint density at radius 3 is 2.42 bits per heavy atom. The standard InChI is InChI=1S/C13H16N2O4/c1-7-4-5-10(13(18)19)6-11(7)15-12(17)8(2)14-9(3)16/h4-6,8H,1-3H3,(H,14,16)(H,15,17)(H,18,19). The van der Waals surface area contributed by atoms with E-state index in [2.05, 4.69) is 10.6 Å². The molecule has 0 saturated heterocycles. The van der Waals surface area contributed by atoms with Gasteiger partial charge in [-0.05, 0) is 31.5 Å². The molecule has 1 aromatic rings. The first-order valence-corrected chi connectivity index (χ1v) is 5.73. The number of nitrogens with one attached hydrogen (secondary N) is 2. The summed E-state index contributed by atoms with van der Waals surface area (Å²) >= 11 is 0. The van der Waals surface area contributed by atoms with Gasteiger partial charge in [-0.15, -0.1) is 0 Å². The number of carboxylic acids is 1. The molecule has 1 aromatic carbocycles. The number of amides is 2. The minimum atomic E-state index is -1.06. The van der Waals surface area contributed by atoms with E-state index in [0.717, 1.165) is 5.56 Å². The Hall–Kier alpha value is -2.37. The molecule has 0 radical (unpaired) electrons. The molecule has 1 rings (SSSR count). The minimum Gasteiger partial charge on any atom is -0.478 e. The van der Waals surface area contributed by atoms with E-state index in [1.54, 1.807) is 19.9 Å². The summed E-state index contributed by atoms with van der Waals surface area (Å²) in [6, 6.07) is 3.77. The molecule has 0 fully saturated rings. The number of rotatable bonds is 4. The van der Waals surface area contributed by atoms with Gasteiger partial charge in [-0.2, -0.15) is 0 Å². The second-order valence-electron chi connectivity index (χ2n) is 4.25. The zero-order valence-electron chi connectivity index (χ0n) is 11.0. The third-order valence-electron chi connectivity index (χ3n) is 2.56. The maximum Gasteiger partial charge on any atom is 0.335 e. The monoisotopic (exact) mass is 264 g/mol. The Kier molecular flexibility index (Phi) is 4.63. The summed E-state index contributed by atoms with van der Waals surface area (Å²) in [5.74, 6) is -1.77. The Labute approximate surface area is 110 Å². The molecule has 1 unspecified atom stereocenters. The first-order chi connectivity index (χ1) is 8.81. The molecule has 1 atom stereocenters. The molecule has 6 heteroatoms. The highest BCUT2D eigenvalue weighted by Crippen LogP contribution is 2.17. The van der Waals surface area contributed by atoms with E-state index in [0.29, 0.717) is 5.69 Å². The van der Waals surface area contributed by atoms with Crippen LogP contribution in [0.1, 0.15) is 29.8 Å². The smallest absolute Gasteiger partial charge is 0.335 e. The largest absolute Gasteiger partial charge is 0.478 e. The summed E-state index contributed by atoms with van der Waals surface area (Å²) in [5, 5.41) is 13.9. The molecule has 0 bridgehead atoms. The van der Waals surface area contributed by atoms with E-state index in [4.69, 9.17) is 5.11 Å². The van der Waals surface area contributed by atoms with Gasteiger partial charge >= 0.3 is 5.97 Å². The lowest BCUT2D eigenvalue weighted by atomic mass is 10.1. The summed E-state index contributed by atoms with van der Waals surface area (Å²) < 4.78 is 0. The van der Waals surface area contributed by atoms with Crippen LogP contribution in [0.15, 0.2) is 18.2 Å². The van der Waals surface area contributed by atoms with Crippen LogP contribution in [-0.4, -0.2) is 28.9 Å². The average Bonchev–Trinajstić information content (AvgIpc) is 2.30. The Balaban J connectivity index is 2.86. The maximum absolute atomic E-state index is 11.8. The number of hydrogen-bond acceptors (Lipinski definition) is 3. The molecule has 0 aliphatic carbocycles. The van der Waals surface area contributed by atoms with Gasteiger partial charge in [0, 0.05) is 12.6 Å². The van der Waals surface area contributed by atoms with Crippen molar-refractivity contribution in [3.05, 3.63) is 29.3 Å². The Morgan fingerprint density at radius 1 is 1.26 bits per heavy atom. The lowest BCUT2D eigenvalue weighted by molar-refractivity contribution is -0.124. The van der Waals surface area contributed by atoms with Crippen LogP contribution in [0.5, 0.6) is 0 Å². The normalized spacial score (nSPS) is 11.5. The molecule has 0 spiro atoms. The molecule has 6 nitrogen and oxygen atoms in total. The van der Waals surface area contributed by atoms with E-state index in [9.17, 15) is 14.4 Å². The van der Waals surface area contributed by atoms with Crippen LogP contribution in [0, 0.1) is 6.92 Å². The van der Waals surface area contributed by atoms with Gasteiger partial charge in [0.15, 0.2) is 0 Å². The number of benzene rings is 1. The quantitative estimate of drug-likeness (QED) is 0.760. The van der Waals surface area contributed by atoms with Crippen molar-refractivity contribution in [2.75, 3.05) is 5.32 Å². The lowest BCUT2D eigenvalue weighted by Gasteiger charge is -2.14. The highest BCUT2D eigenvalue weighted by atomic mass is 16.4. The second kappa shape index (κ2) is 5.99. The molecule has 0 heterocycles. The van der Waals surface area contributed by atoms with E-state index in [1.807, 2.05) is 0 Å². The summed E-state index contributed by atoms with van der Waals surface area (Å²) in [7, 11) is 0. The SMILES string of the molecule is CC(=O)NC(C)C(=O)Nc1cc(C(=O)O)ccc1C. The lowest BCUT2D eigenvalue weighted by Crippen LogP contribution is -2.40. The zero-order chi connectivity index (χ0) is 14.6. The topological polar surface area (TPSA) is 95.5 Å². The van der Waals surface area contributed by atoms with Crippen LogP contribution in [0.3, 0.4) is 0 Å². The highest BCUT2D eigenvalue weighted by Gasteiger charge is 2.15. The molecule has 2 amide bonds. The fourth-order valence-electron chi connectivity index (χ4n) is 1.50. The fraction of sp³-hybridized carbons (Fsp3) is 0.308. The summed E-state index contributed by atoms with van der Waals surface area (Å²) in [6.07, 6.45) is 0. The number of hydrogen-bond donors (Lipinski definition) is 3.